The molecule has 21 heteroatoms. The Morgan fingerprint density at radius 1 is 0.708 bits per heavy atom. The van der Waals surface area contributed by atoms with Gasteiger partial charge >= 0.3 is 0 Å². The van der Waals surface area contributed by atoms with Gasteiger partial charge in [-0.25, -0.2) is 14.6 Å². The summed E-state index contributed by atoms with van der Waals surface area (Å²) in [5, 5.41) is 8.38. The van der Waals surface area contributed by atoms with Crippen LogP contribution in [0.3, 0.4) is 0 Å². The molecule has 6 rings (SSSR count). The fourth-order valence-electron chi connectivity index (χ4n) is 6.97. The van der Waals surface area contributed by atoms with E-state index in [2.05, 4.69) is 38.5 Å². The van der Waals surface area contributed by atoms with Crippen molar-refractivity contribution in [2.75, 3.05) is 137 Å². The summed E-state index contributed by atoms with van der Waals surface area (Å²) in [5.74, 6) is 0.290. The van der Waals surface area contributed by atoms with Gasteiger partial charge in [-0.2, -0.15) is 10.1 Å². The third-order valence-electron chi connectivity index (χ3n) is 10.2. The highest BCUT2D eigenvalue weighted by Gasteiger charge is 2.22. The van der Waals surface area contributed by atoms with Crippen molar-refractivity contribution < 1.29 is 51.9 Å². The van der Waals surface area contributed by atoms with Crippen LogP contribution in [-0.4, -0.2) is 167 Å². The smallest absolute Gasteiger partial charge is 0.292 e. The summed E-state index contributed by atoms with van der Waals surface area (Å²) in [6.45, 7) is 9.38. The Bertz CT molecular complexity index is 2220. The van der Waals surface area contributed by atoms with E-state index in [0.717, 1.165) is 23.1 Å². The van der Waals surface area contributed by atoms with Crippen LogP contribution in [0.4, 0.5) is 11.8 Å². The van der Waals surface area contributed by atoms with E-state index in [1.165, 1.54) is 11.9 Å². The Hall–Kier alpha value is -5.36. The van der Waals surface area contributed by atoms with Crippen LogP contribution >= 0.6 is 0 Å². The molecule has 0 aliphatic carbocycles. The Kier molecular flexibility index (Phi) is 20.5. The molecular weight excluding hydrogens is 845 g/mol. The first-order valence-electron chi connectivity index (χ1n) is 22.0. The largest absolute Gasteiger partial charge is 0.424 e. The van der Waals surface area contributed by atoms with Crippen LogP contribution in [-0.2, 0) is 67.0 Å². The Balaban J connectivity index is 0.752. The Labute approximate surface area is 377 Å². The zero-order valence-electron chi connectivity index (χ0n) is 36.9. The molecule has 0 unspecified atom stereocenters. The first kappa shape index (κ1) is 49.1. The van der Waals surface area contributed by atoms with Crippen molar-refractivity contribution in [3.63, 3.8) is 0 Å². The maximum atomic E-state index is 13.0. The molecule has 0 saturated heterocycles. The summed E-state index contributed by atoms with van der Waals surface area (Å²) in [5.41, 5.74) is 24.1. The number of hydrogen-bond donors (Lipinski definition) is 4. The van der Waals surface area contributed by atoms with Gasteiger partial charge < -0.3 is 69.7 Å². The second-order valence-corrected chi connectivity index (χ2v) is 14.9. The second kappa shape index (κ2) is 27.2. The van der Waals surface area contributed by atoms with Crippen molar-refractivity contribution in [1.29, 1.82) is 0 Å². The highest BCUT2D eigenvalue weighted by atomic mass is 16.6. The van der Waals surface area contributed by atoms with Crippen LogP contribution in [0.2, 0.25) is 0 Å². The quantitative estimate of drug-likeness (QED) is 0.0447. The number of fused-ring (bicyclic) bond motifs is 3. The lowest BCUT2D eigenvalue weighted by Crippen LogP contribution is -2.36. The number of rotatable bonds is 32. The van der Waals surface area contributed by atoms with Crippen molar-refractivity contribution in [3.05, 3.63) is 59.4 Å². The minimum Gasteiger partial charge on any atom is -0.424 e. The number of nitrogens with zero attached hydrogens (tertiary/aromatic N) is 6. The first-order chi connectivity index (χ1) is 31.9. The van der Waals surface area contributed by atoms with Crippen molar-refractivity contribution in [2.24, 2.45) is 5.73 Å². The number of nitrogens with one attached hydrogen (secondary N) is 1. The zero-order valence-corrected chi connectivity index (χ0v) is 36.9. The van der Waals surface area contributed by atoms with Crippen molar-refractivity contribution >= 4 is 45.8 Å². The van der Waals surface area contributed by atoms with Crippen LogP contribution in [0.15, 0.2) is 47.1 Å². The summed E-state index contributed by atoms with van der Waals surface area (Å²) in [4.78, 5) is 39.9. The van der Waals surface area contributed by atoms with Gasteiger partial charge in [-0.05, 0) is 41.3 Å². The summed E-state index contributed by atoms with van der Waals surface area (Å²) < 4.78 is 51.0. The molecule has 4 heterocycles. The zero-order chi connectivity index (χ0) is 45.5. The maximum Gasteiger partial charge on any atom is 0.292 e. The molecule has 354 valence electrons. The van der Waals surface area contributed by atoms with Crippen molar-refractivity contribution in [3.8, 4) is 11.3 Å². The summed E-state index contributed by atoms with van der Waals surface area (Å²) in [7, 11) is 0. The SMILES string of the molecule is NCCOCCOCCOCCOCCC(=O)NCCOCCOCCOCCOCCC(=O)N1CCc2cc(Cn3nc(-c4ccc5oc(N)nc5c4)c4c(N)ncnc43)ccc2C1. The molecule has 0 saturated carbocycles. The lowest BCUT2D eigenvalue weighted by molar-refractivity contribution is -0.133. The lowest BCUT2D eigenvalue weighted by Gasteiger charge is -2.29. The number of hydrogen-bond acceptors (Lipinski definition) is 18. The summed E-state index contributed by atoms with van der Waals surface area (Å²) >= 11 is 0. The predicted molar refractivity (Wildman–Crippen MR) is 240 cm³/mol. The monoisotopic (exact) mass is 906 g/mol. The molecule has 1 aliphatic heterocycles. The maximum absolute atomic E-state index is 13.0. The molecule has 0 bridgehead atoms. The van der Waals surface area contributed by atoms with Crippen LogP contribution in [0.25, 0.3) is 33.4 Å². The van der Waals surface area contributed by atoms with Gasteiger partial charge in [0.1, 0.15) is 23.4 Å². The van der Waals surface area contributed by atoms with E-state index in [-0.39, 0.29) is 24.2 Å². The second-order valence-electron chi connectivity index (χ2n) is 14.9. The average Bonchev–Trinajstić information content (AvgIpc) is 3.88. The number of anilines is 2. The highest BCUT2D eigenvalue weighted by molar-refractivity contribution is 5.99. The van der Waals surface area contributed by atoms with Gasteiger partial charge in [0.05, 0.1) is 124 Å². The van der Waals surface area contributed by atoms with Crippen molar-refractivity contribution in [2.45, 2.75) is 32.4 Å². The molecule has 0 fully saturated rings. The number of benzene rings is 2. The minimum atomic E-state index is -0.101. The van der Waals surface area contributed by atoms with Crippen LogP contribution in [0.5, 0.6) is 0 Å². The summed E-state index contributed by atoms with van der Waals surface area (Å²) in [6, 6.07) is 12.0. The number of carbonyl (C=O) groups excluding carboxylic acids is 2. The molecule has 2 aromatic carbocycles. The van der Waals surface area contributed by atoms with E-state index in [4.69, 9.17) is 64.6 Å². The molecule has 0 radical (unpaired) electrons. The molecular formula is C44H62N10O11. The molecule has 0 spiro atoms. The third kappa shape index (κ3) is 15.9. The normalized spacial score (nSPS) is 12.7. The number of nitrogens with two attached hydrogens (primary N) is 3. The van der Waals surface area contributed by atoms with E-state index in [1.54, 1.807) is 6.07 Å². The van der Waals surface area contributed by atoms with E-state index in [1.807, 2.05) is 21.7 Å². The fraction of sp³-hybridized carbons (Fsp3) is 0.545. The van der Waals surface area contributed by atoms with E-state index >= 15 is 0 Å². The van der Waals surface area contributed by atoms with Gasteiger partial charge in [0.15, 0.2) is 11.2 Å². The average molecular weight is 907 g/mol. The summed E-state index contributed by atoms with van der Waals surface area (Å²) in [6.07, 6.45) is 2.75. The topological polar surface area (TPSA) is 271 Å². The molecule has 21 nitrogen and oxygen atoms in total. The van der Waals surface area contributed by atoms with Crippen LogP contribution in [0, 0.1) is 0 Å². The Morgan fingerprint density at radius 2 is 1.34 bits per heavy atom. The predicted octanol–water partition coefficient (Wildman–Crippen LogP) is 1.72. The van der Waals surface area contributed by atoms with Gasteiger partial charge in [0.2, 0.25) is 11.8 Å². The fourth-order valence-corrected chi connectivity index (χ4v) is 6.97. The number of oxazole rings is 1. The lowest BCUT2D eigenvalue weighted by atomic mass is 9.97. The molecule has 3 aromatic heterocycles. The molecule has 65 heavy (non-hydrogen) atoms. The molecule has 1 aliphatic rings. The van der Waals surface area contributed by atoms with Gasteiger partial charge in [-0.3, -0.25) is 9.59 Å². The number of aromatic nitrogens is 5. The van der Waals surface area contributed by atoms with E-state index in [9.17, 15) is 9.59 Å². The number of amides is 2. The van der Waals surface area contributed by atoms with Gasteiger partial charge in [0.25, 0.3) is 6.01 Å². The van der Waals surface area contributed by atoms with Crippen LogP contribution < -0.4 is 22.5 Å². The van der Waals surface area contributed by atoms with E-state index in [0.29, 0.717) is 178 Å². The minimum absolute atomic E-state index is 0.0561. The third-order valence-corrected chi connectivity index (χ3v) is 10.2. The Morgan fingerprint density at radius 3 is 2.02 bits per heavy atom. The van der Waals surface area contributed by atoms with Gasteiger partial charge in [0, 0.05) is 38.2 Å². The molecule has 2 amide bonds. The molecule has 5 aromatic rings. The molecule has 7 N–H and O–H groups in total. The van der Waals surface area contributed by atoms with Crippen molar-refractivity contribution in [1.82, 2.24) is 34.9 Å². The number of nitrogen functional groups attached to an aromatic ring is 2. The number of carbonyl (C=O) groups is 2. The standard InChI is InChI=1S/C44H62N10O11/c45-8-13-59-17-21-63-25-23-61-19-15-57-11-6-38(55)48-9-14-60-18-22-64-26-24-62-20-16-58-12-7-39(56)53-10-5-33-27-32(1-2-35(33)30-53)29-54-43-40(42(46)49-31-50-43)41(52-54)34-3-4-37-36(28-34)51-44(47)65-37/h1-4,27-28,31H,5-26,29-30,45H2,(H2,47,51)(H,48,55)(H2,46,49,50). The van der Waals surface area contributed by atoms with Crippen LogP contribution in [0.1, 0.15) is 29.5 Å². The highest BCUT2D eigenvalue weighted by Crippen LogP contribution is 2.33. The first-order valence-corrected chi connectivity index (χ1v) is 22.0. The molecule has 0 atom stereocenters. The van der Waals surface area contributed by atoms with Gasteiger partial charge in [-0.15, -0.1) is 0 Å². The van der Waals surface area contributed by atoms with E-state index < -0.39 is 0 Å². The number of ether oxygens (including phenoxy) is 8. The van der Waals surface area contributed by atoms with Gasteiger partial charge in [-0.1, -0.05) is 18.2 Å².